The molecule has 1 aromatic carbocycles. The molecule has 2 heterocycles. The van der Waals surface area contributed by atoms with Gasteiger partial charge in [-0.2, -0.15) is 0 Å². The Labute approximate surface area is 138 Å². The lowest BCUT2D eigenvalue weighted by molar-refractivity contribution is -0.118. The Morgan fingerprint density at radius 2 is 2.08 bits per heavy atom. The van der Waals surface area contributed by atoms with Gasteiger partial charge in [0.2, 0.25) is 0 Å². The molecule has 2 aromatic rings. The number of aromatic amines is 1. The number of carbonyl (C=O) groups excluding carboxylic acids is 3. The number of rotatable bonds is 4. The van der Waals surface area contributed by atoms with Crippen LogP contribution in [0.25, 0.3) is 0 Å². The van der Waals surface area contributed by atoms with Crippen LogP contribution in [0.2, 0.25) is 0 Å². The van der Waals surface area contributed by atoms with E-state index in [1.807, 2.05) is 13.0 Å². The fourth-order valence-corrected chi connectivity index (χ4v) is 2.46. The third-order valence-electron chi connectivity index (χ3n) is 3.82. The number of benzene rings is 1. The van der Waals surface area contributed by atoms with Gasteiger partial charge in [0.1, 0.15) is 11.4 Å². The minimum absolute atomic E-state index is 0.00391. The number of nitrogens with one attached hydrogen (secondary N) is 3. The summed E-state index contributed by atoms with van der Waals surface area (Å²) in [6.07, 6.45) is 1.51. The Kier molecular flexibility index (Phi) is 4.07. The fourth-order valence-electron chi connectivity index (χ4n) is 2.46. The van der Waals surface area contributed by atoms with E-state index in [2.05, 4.69) is 15.6 Å². The molecule has 3 N–H and O–H groups in total. The van der Waals surface area contributed by atoms with Crippen molar-refractivity contribution in [2.24, 2.45) is 0 Å². The first-order chi connectivity index (χ1) is 11.4. The van der Waals surface area contributed by atoms with E-state index < -0.39 is 0 Å². The van der Waals surface area contributed by atoms with E-state index in [-0.39, 0.29) is 30.2 Å². The summed E-state index contributed by atoms with van der Waals surface area (Å²) in [5.41, 5.74) is 2.19. The molecule has 7 heteroatoms. The summed E-state index contributed by atoms with van der Waals surface area (Å²) in [5, 5.41) is 5.58. The maximum absolute atomic E-state index is 12.3. The first-order valence-electron chi connectivity index (χ1n) is 7.51. The van der Waals surface area contributed by atoms with Crippen molar-refractivity contribution in [1.29, 1.82) is 0 Å². The van der Waals surface area contributed by atoms with Crippen LogP contribution in [-0.4, -0.2) is 29.2 Å². The van der Waals surface area contributed by atoms with Crippen molar-refractivity contribution in [3.63, 3.8) is 0 Å². The van der Waals surface area contributed by atoms with Gasteiger partial charge in [0.05, 0.1) is 11.7 Å². The van der Waals surface area contributed by atoms with Crippen molar-refractivity contribution in [2.75, 3.05) is 11.9 Å². The summed E-state index contributed by atoms with van der Waals surface area (Å²) in [6, 6.07) is 6.59. The number of aromatic nitrogens is 1. The van der Waals surface area contributed by atoms with Gasteiger partial charge in [-0.1, -0.05) is 6.07 Å². The predicted octanol–water partition coefficient (Wildman–Crippen LogP) is 2.04. The molecule has 1 aliphatic heterocycles. The molecule has 0 fully saturated rings. The zero-order chi connectivity index (χ0) is 17.3. The second-order valence-corrected chi connectivity index (χ2v) is 5.65. The molecule has 1 atom stereocenters. The molecule has 0 bridgehead atoms. The van der Waals surface area contributed by atoms with Crippen LogP contribution < -0.4 is 15.4 Å². The number of carbonyl (C=O) groups is 3. The smallest absolute Gasteiger partial charge is 0.268 e. The molecular formula is C17H17N3O4. The Hall–Kier alpha value is -3.09. The number of ether oxygens (including phenoxy) is 1. The lowest BCUT2D eigenvalue weighted by Crippen LogP contribution is -2.28. The molecule has 0 spiro atoms. The molecule has 2 amide bonds. The van der Waals surface area contributed by atoms with Crippen molar-refractivity contribution < 1.29 is 19.1 Å². The summed E-state index contributed by atoms with van der Waals surface area (Å²) in [6.45, 7) is 3.28. The van der Waals surface area contributed by atoms with Crippen LogP contribution in [0.5, 0.6) is 5.75 Å². The van der Waals surface area contributed by atoms with Crippen molar-refractivity contribution in [1.82, 2.24) is 10.3 Å². The number of hydrogen-bond donors (Lipinski definition) is 3. The molecule has 0 saturated heterocycles. The van der Waals surface area contributed by atoms with Gasteiger partial charge >= 0.3 is 0 Å². The van der Waals surface area contributed by atoms with Gasteiger partial charge in [-0.3, -0.25) is 14.4 Å². The van der Waals surface area contributed by atoms with E-state index in [1.165, 1.54) is 19.2 Å². The normalized spacial score (nSPS) is 14.2. The van der Waals surface area contributed by atoms with Crippen molar-refractivity contribution in [3.8, 4) is 5.75 Å². The predicted molar refractivity (Wildman–Crippen MR) is 87.2 cm³/mol. The standard InChI is InChI=1S/C17H17N3O4/c1-9(19-17(23)14-6-12(7-18-14)10(2)21)11-3-4-15-13(5-11)20-16(22)8-24-15/h3-7,9,18H,8H2,1-2H3,(H,19,23)(H,20,22)/t9-/m1/s1. The Balaban J connectivity index is 1.73. The lowest BCUT2D eigenvalue weighted by Gasteiger charge is -2.20. The largest absolute Gasteiger partial charge is 0.482 e. The number of ketones is 1. The van der Waals surface area contributed by atoms with Crippen molar-refractivity contribution in [2.45, 2.75) is 19.9 Å². The Morgan fingerprint density at radius 1 is 1.29 bits per heavy atom. The van der Waals surface area contributed by atoms with Gasteiger partial charge in [-0.15, -0.1) is 0 Å². The average Bonchev–Trinajstić information content (AvgIpc) is 3.04. The minimum atomic E-state index is -0.312. The number of fused-ring (bicyclic) bond motifs is 1. The molecular weight excluding hydrogens is 310 g/mol. The fraction of sp³-hybridized carbons (Fsp3) is 0.235. The second kappa shape index (κ2) is 6.19. The van der Waals surface area contributed by atoms with Crippen molar-refractivity contribution in [3.05, 3.63) is 47.3 Å². The summed E-state index contributed by atoms with van der Waals surface area (Å²) in [4.78, 5) is 37.7. The van der Waals surface area contributed by atoms with Crippen LogP contribution in [-0.2, 0) is 4.79 Å². The van der Waals surface area contributed by atoms with Gasteiger partial charge < -0.3 is 20.4 Å². The Bertz CT molecular complexity index is 825. The highest BCUT2D eigenvalue weighted by atomic mass is 16.5. The maximum atomic E-state index is 12.3. The van der Waals surface area contributed by atoms with Crippen LogP contribution in [0.15, 0.2) is 30.5 Å². The van der Waals surface area contributed by atoms with E-state index >= 15 is 0 Å². The van der Waals surface area contributed by atoms with Gasteiger partial charge in [-0.25, -0.2) is 0 Å². The van der Waals surface area contributed by atoms with Crippen molar-refractivity contribution >= 4 is 23.3 Å². The van der Waals surface area contributed by atoms with E-state index in [1.54, 1.807) is 12.1 Å². The summed E-state index contributed by atoms with van der Waals surface area (Å²) in [5.74, 6) is -0.0244. The summed E-state index contributed by atoms with van der Waals surface area (Å²) < 4.78 is 5.31. The molecule has 1 aliphatic rings. The molecule has 0 saturated carbocycles. The number of hydrogen-bond acceptors (Lipinski definition) is 4. The molecule has 3 rings (SSSR count). The van der Waals surface area contributed by atoms with Crippen LogP contribution in [0.1, 0.15) is 46.3 Å². The highest BCUT2D eigenvalue weighted by molar-refractivity contribution is 5.99. The Morgan fingerprint density at radius 3 is 2.79 bits per heavy atom. The third-order valence-corrected chi connectivity index (χ3v) is 3.82. The minimum Gasteiger partial charge on any atom is -0.482 e. The van der Waals surface area contributed by atoms with Crippen LogP contribution in [0.3, 0.4) is 0 Å². The monoisotopic (exact) mass is 327 g/mol. The number of Topliss-reactive ketones (excluding diaryl/α,β-unsaturated/α-hetero) is 1. The van der Waals surface area contributed by atoms with Crippen LogP contribution in [0.4, 0.5) is 5.69 Å². The van der Waals surface area contributed by atoms with Gasteiger partial charge in [0.25, 0.3) is 11.8 Å². The third kappa shape index (κ3) is 3.15. The number of anilines is 1. The molecule has 0 aliphatic carbocycles. The van der Waals surface area contributed by atoms with Crippen LogP contribution in [0, 0.1) is 0 Å². The quantitative estimate of drug-likeness (QED) is 0.748. The van der Waals surface area contributed by atoms with E-state index in [0.717, 1.165) is 5.56 Å². The van der Waals surface area contributed by atoms with Gasteiger partial charge in [-0.05, 0) is 37.6 Å². The van der Waals surface area contributed by atoms with E-state index in [4.69, 9.17) is 4.74 Å². The second-order valence-electron chi connectivity index (χ2n) is 5.65. The maximum Gasteiger partial charge on any atom is 0.268 e. The highest BCUT2D eigenvalue weighted by Gasteiger charge is 2.19. The number of amides is 2. The first kappa shape index (κ1) is 15.8. The SMILES string of the molecule is CC(=O)c1c[nH]c(C(=O)N[C@H](C)c2ccc3c(c2)NC(=O)CO3)c1. The van der Waals surface area contributed by atoms with E-state index in [0.29, 0.717) is 22.7 Å². The zero-order valence-electron chi connectivity index (χ0n) is 13.3. The first-order valence-corrected chi connectivity index (χ1v) is 7.51. The summed E-state index contributed by atoms with van der Waals surface area (Å²) in [7, 11) is 0. The zero-order valence-corrected chi connectivity index (χ0v) is 13.3. The van der Waals surface area contributed by atoms with Crippen LogP contribution >= 0.6 is 0 Å². The topological polar surface area (TPSA) is 100 Å². The molecule has 0 unspecified atom stereocenters. The lowest BCUT2D eigenvalue weighted by atomic mass is 10.1. The summed E-state index contributed by atoms with van der Waals surface area (Å²) >= 11 is 0. The molecule has 1 aromatic heterocycles. The van der Waals surface area contributed by atoms with E-state index in [9.17, 15) is 14.4 Å². The highest BCUT2D eigenvalue weighted by Crippen LogP contribution is 2.30. The number of H-pyrrole nitrogens is 1. The molecule has 7 nitrogen and oxygen atoms in total. The average molecular weight is 327 g/mol. The molecule has 24 heavy (non-hydrogen) atoms. The molecule has 0 radical (unpaired) electrons. The van der Waals surface area contributed by atoms with Gasteiger partial charge in [0, 0.05) is 11.8 Å². The van der Waals surface area contributed by atoms with Gasteiger partial charge in [0.15, 0.2) is 12.4 Å². The molecule has 124 valence electrons.